The molecule has 2 aliphatic carbocycles. The van der Waals surface area contributed by atoms with Crippen LogP contribution in [-0.4, -0.2) is 13.1 Å². The van der Waals surface area contributed by atoms with Crippen molar-refractivity contribution < 1.29 is 9.53 Å². The average molecular weight is 236 g/mol. The van der Waals surface area contributed by atoms with E-state index in [2.05, 4.69) is 6.58 Å². The molecular weight excluding hydrogens is 212 g/mol. The summed E-state index contributed by atoms with van der Waals surface area (Å²) in [6, 6.07) is 0. The molecule has 0 aromatic carbocycles. The minimum Gasteiger partial charge on any atom is -0.466 e. The van der Waals surface area contributed by atoms with Gasteiger partial charge in [-0.25, -0.2) is 4.79 Å². The highest BCUT2D eigenvalue weighted by molar-refractivity contribution is 5.88. The molecule has 0 aromatic heterocycles. The lowest BCUT2D eigenvalue weighted by Crippen LogP contribution is -2.26. The van der Waals surface area contributed by atoms with Crippen molar-refractivity contribution in [3.63, 3.8) is 0 Å². The van der Waals surface area contributed by atoms with Crippen LogP contribution in [0.5, 0.6) is 0 Å². The number of esters is 1. The number of rotatable bonds is 4. The maximum atomic E-state index is 11.7. The van der Waals surface area contributed by atoms with Gasteiger partial charge in [0.2, 0.25) is 0 Å². The maximum absolute atomic E-state index is 11.7. The topological polar surface area (TPSA) is 26.3 Å². The van der Waals surface area contributed by atoms with E-state index in [9.17, 15) is 4.79 Å². The third kappa shape index (κ3) is 2.72. The molecule has 0 bridgehead atoms. The normalized spacial score (nSPS) is 22.2. The Kier molecular flexibility index (Phi) is 4.25. The van der Waals surface area contributed by atoms with Crippen LogP contribution in [0.4, 0.5) is 0 Å². The lowest BCUT2D eigenvalue weighted by Gasteiger charge is -2.29. The molecule has 0 spiro atoms. The summed E-state index contributed by atoms with van der Waals surface area (Å²) < 4.78 is 4.87. The Morgan fingerprint density at radius 2 is 1.47 bits per heavy atom. The molecule has 0 heterocycles. The lowest BCUT2D eigenvalue weighted by atomic mass is 9.75. The molecule has 2 aliphatic rings. The zero-order valence-corrected chi connectivity index (χ0v) is 10.9. The Balaban J connectivity index is 2.10. The highest BCUT2D eigenvalue weighted by Crippen LogP contribution is 2.44. The van der Waals surface area contributed by atoms with Gasteiger partial charge >= 0.3 is 5.97 Å². The van der Waals surface area contributed by atoms with E-state index >= 15 is 0 Å². The largest absolute Gasteiger partial charge is 0.466 e. The van der Waals surface area contributed by atoms with Gasteiger partial charge in [0.1, 0.15) is 0 Å². The first kappa shape index (κ1) is 12.7. The van der Waals surface area contributed by atoms with E-state index < -0.39 is 0 Å². The summed E-state index contributed by atoms with van der Waals surface area (Å²) in [4.78, 5) is 11.7. The van der Waals surface area contributed by atoms with Crippen LogP contribution in [0.2, 0.25) is 0 Å². The van der Waals surface area contributed by atoms with Crippen molar-refractivity contribution >= 4 is 5.97 Å². The summed E-state index contributed by atoms with van der Waals surface area (Å²) in [6.45, 7) is 4.04. The fraction of sp³-hybridized carbons (Fsp3) is 0.800. The van der Waals surface area contributed by atoms with E-state index in [-0.39, 0.29) is 5.97 Å². The molecule has 2 nitrogen and oxygen atoms in total. The highest BCUT2D eigenvalue weighted by Gasteiger charge is 2.37. The van der Waals surface area contributed by atoms with Gasteiger partial charge in [-0.15, -0.1) is 0 Å². The molecule has 2 saturated carbocycles. The van der Waals surface area contributed by atoms with Crippen LogP contribution >= 0.6 is 0 Å². The Morgan fingerprint density at radius 1 is 1.06 bits per heavy atom. The van der Waals surface area contributed by atoms with E-state index in [0.717, 1.165) is 5.57 Å². The Hall–Kier alpha value is -0.790. The second-order valence-corrected chi connectivity index (χ2v) is 5.63. The van der Waals surface area contributed by atoms with E-state index in [1.807, 2.05) is 0 Å². The molecule has 2 rings (SSSR count). The number of carbonyl (C=O) groups excluding carboxylic acids is 1. The van der Waals surface area contributed by atoms with Gasteiger partial charge in [-0.1, -0.05) is 32.3 Å². The third-order valence-corrected chi connectivity index (χ3v) is 4.67. The molecule has 0 aromatic rings. The summed E-state index contributed by atoms with van der Waals surface area (Å²) in [6.07, 6.45) is 10.4. The first-order valence-corrected chi connectivity index (χ1v) is 7.01. The van der Waals surface area contributed by atoms with Crippen molar-refractivity contribution in [1.82, 2.24) is 0 Å². The second-order valence-electron chi connectivity index (χ2n) is 5.63. The van der Waals surface area contributed by atoms with Crippen LogP contribution in [0.3, 0.4) is 0 Å². The number of ether oxygens (including phenoxy) is 1. The van der Waals surface area contributed by atoms with Gasteiger partial charge in [-0.3, -0.25) is 0 Å². The fourth-order valence-electron chi connectivity index (χ4n) is 3.85. The summed E-state index contributed by atoms with van der Waals surface area (Å²) in [5, 5.41) is 0. The molecule has 0 atom stereocenters. The van der Waals surface area contributed by atoms with Crippen LogP contribution in [0.1, 0.15) is 51.4 Å². The van der Waals surface area contributed by atoms with Crippen LogP contribution in [0.15, 0.2) is 12.2 Å². The number of hydrogen-bond acceptors (Lipinski definition) is 2. The quantitative estimate of drug-likeness (QED) is 0.549. The van der Waals surface area contributed by atoms with Crippen LogP contribution < -0.4 is 0 Å². The molecule has 96 valence electrons. The molecule has 0 N–H and O–H groups in total. The molecule has 0 saturated heterocycles. The predicted molar refractivity (Wildman–Crippen MR) is 68.6 cm³/mol. The molecule has 0 radical (unpaired) electrons. The zero-order chi connectivity index (χ0) is 12.3. The standard InChI is InChI=1S/C15H24O2/c1-11(15(16)17-2)14(12-7-3-4-8-12)13-9-5-6-10-13/h12-14H,1,3-10H2,2H3. The van der Waals surface area contributed by atoms with Gasteiger partial charge in [0, 0.05) is 5.57 Å². The summed E-state index contributed by atoms with van der Waals surface area (Å²) in [5.41, 5.74) is 0.742. The number of methoxy groups -OCH3 is 1. The van der Waals surface area contributed by atoms with Crippen LogP contribution in [0.25, 0.3) is 0 Å². The SMILES string of the molecule is C=C(C(=O)OC)C(C1CCCC1)C1CCCC1. The van der Waals surface area contributed by atoms with Crippen molar-refractivity contribution in [3.05, 3.63) is 12.2 Å². The predicted octanol–water partition coefficient (Wildman–Crippen LogP) is 3.71. The first-order valence-electron chi connectivity index (χ1n) is 7.01. The van der Waals surface area contributed by atoms with E-state index in [4.69, 9.17) is 4.74 Å². The summed E-state index contributed by atoms with van der Waals surface area (Å²) in [5.74, 6) is 1.58. The van der Waals surface area contributed by atoms with Crippen LogP contribution in [-0.2, 0) is 9.53 Å². The van der Waals surface area contributed by atoms with Crippen molar-refractivity contribution in [2.75, 3.05) is 7.11 Å². The highest BCUT2D eigenvalue weighted by atomic mass is 16.5. The fourth-order valence-corrected chi connectivity index (χ4v) is 3.85. The van der Waals surface area contributed by atoms with Crippen molar-refractivity contribution in [2.24, 2.45) is 17.8 Å². The van der Waals surface area contributed by atoms with Gasteiger partial charge in [0.05, 0.1) is 7.11 Å². The van der Waals surface area contributed by atoms with Gasteiger partial charge in [0.25, 0.3) is 0 Å². The second kappa shape index (κ2) is 5.70. The molecule has 0 amide bonds. The molecule has 0 aliphatic heterocycles. The van der Waals surface area contributed by atoms with Crippen LogP contribution in [0, 0.1) is 17.8 Å². The van der Waals surface area contributed by atoms with E-state index in [0.29, 0.717) is 17.8 Å². The van der Waals surface area contributed by atoms with Gasteiger partial charge in [-0.2, -0.15) is 0 Å². The zero-order valence-electron chi connectivity index (χ0n) is 10.9. The maximum Gasteiger partial charge on any atom is 0.333 e. The minimum atomic E-state index is -0.186. The van der Waals surface area contributed by atoms with Gasteiger partial charge in [-0.05, 0) is 43.4 Å². The monoisotopic (exact) mass is 236 g/mol. The lowest BCUT2D eigenvalue weighted by molar-refractivity contribution is -0.137. The Morgan fingerprint density at radius 3 is 1.82 bits per heavy atom. The van der Waals surface area contributed by atoms with Gasteiger partial charge in [0.15, 0.2) is 0 Å². The Labute approximate surface area is 104 Å². The van der Waals surface area contributed by atoms with Crippen molar-refractivity contribution in [1.29, 1.82) is 0 Å². The first-order chi connectivity index (χ1) is 8.24. The third-order valence-electron chi connectivity index (χ3n) is 4.67. The molecule has 2 fully saturated rings. The van der Waals surface area contributed by atoms with E-state index in [1.54, 1.807) is 0 Å². The van der Waals surface area contributed by atoms with Crippen molar-refractivity contribution in [2.45, 2.75) is 51.4 Å². The number of carbonyl (C=O) groups is 1. The smallest absolute Gasteiger partial charge is 0.333 e. The Bertz CT molecular complexity index is 267. The molecular formula is C15H24O2. The molecule has 17 heavy (non-hydrogen) atoms. The molecule has 2 heteroatoms. The average Bonchev–Trinajstić information content (AvgIpc) is 3.01. The number of hydrogen-bond donors (Lipinski definition) is 0. The van der Waals surface area contributed by atoms with Gasteiger partial charge < -0.3 is 4.74 Å². The molecule has 0 unspecified atom stereocenters. The van der Waals surface area contributed by atoms with E-state index in [1.165, 1.54) is 58.5 Å². The minimum absolute atomic E-state index is 0.186. The van der Waals surface area contributed by atoms with Crippen molar-refractivity contribution in [3.8, 4) is 0 Å². The summed E-state index contributed by atoms with van der Waals surface area (Å²) in [7, 11) is 1.47. The summed E-state index contributed by atoms with van der Waals surface area (Å²) >= 11 is 0.